The minimum atomic E-state index is -1.55. The molecular weight excluding hydrogens is 449 g/mol. The van der Waals surface area contributed by atoms with Gasteiger partial charge in [0.15, 0.2) is 5.41 Å². The predicted molar refractivity (Wildman–Crippen MR) is 111 cm³/mol. The van der Waals surface area contributed by atoms with Gasteiger partial charge in [0.25, 0.3) is 0 Å². The molecule has 0 saturated heterocycles. The summed E-state index contributed by atoms with van der Waals surface area (Å²) in [5, 5.41) is 29.8. The zero-order valence-corrected chi connectivity index (χ0v) is 17.3. The number of rotatable bonds is 3. The molecule has 136 valence electrons. The molecule has 2 atom stereocenters. The van der Waals surface area contributed by atoms with Crippen molar-refractivity contribution in [2.45, 2.75) is 19.3 Å². The molecule has 27 heavy (non-hydrogen) atoms. The molecule has 5 nitrogen and oxygen atoms in total. The van der Waals surface area contributed by atoms with E-state index in [2.05, 4.69) is 58.7 Å². The van der Waals surface area contributed by atoms with E-state index < -0.39 is 11.3 Å². The van der Waals surface area contributed by atoms with E-state index in [1.165, 1.54) is 0 Å². The molecule has 1 heterocycles. The summed E-state index contributed by atoms with van der Waals surface area (Å²) in [6, 6.07) is 14.4. The molecule has 2 aliphatic rings. The number of nitrogens with two attached hydrogens (primary N) is 1. The maximum Gasteiger partial charge on any atom is 0.191 e. The quantitative estimate of drug-likeness (QED) is 0.684. The van der Waals surface area contributed by atoms with Crippen LogP contribution in [-0.4, -0.2) is 24.5 Å². The van der Waals surface area contributed by atoms with Crippen LogP contribution in [0.15, 0.2) is 47.2 Å². The summed E-state index contributed by atoms with van der Waals surface area (Å²) in [5.41, 5.74) is 6.96. The van der Waals surface area contributed by atoms with Gasteiger partial charge < -0.3 is 5.73 Å². The van der Waals surface area contributed by atoms with Gasteiger partial charge >= 0.3 is 0 Å². The van der Waals surface area contributed by atoms with Gasteiger partial charge in [-0.05, 0) is 58.8 Å². The molecule has 0 saturated carbocycles. The molecule has 0 spiro atoms. The summed E-state index contributed by atoms with van der Waals surface area (Å²) < 4.78 is 1.04. The van der Waals surface area contributed by atoms with Crippen LogP contribution in [0.5, 0.6) is 0 Å². The first-order valence-corrected chi connectivity index (χ1v) is 10.0. The van der Waals surface area contributed by atoms with Crippen LogP contribution in [0.4, 0.5) is 0 Å². The van der Waals surface area contributed by atoms with E-state index in [1.807, 2.05) is 24.3 Å². The van der Waals surface area contributed by atoms with E-state index in [0.717, 1.165) is 34.2 Å². The fourth-order valence-electron chi connectivity index (χ4n) is 4.31. The van der Waals surface area contributed by atoms with Crippen LogP contribution in [0.25, 0.3) is 0 Å². The van der Waals surface area contributed by atoms with E-state index in [4.69, 9.17) is 5.73 Å². The van der Waals surface area contributed by atoms with Crippen molar-refractivity contribution < 1.29 is 0 Å². The zero-order chi connectivity index (χ0) is 19.6. The van der Waals surface area contributed by atoms with Gasteiger partial charge in [-0.1, -0.05) is 25.1 Å². The molecule has 0 unspecified atom stereocenters. The van der Waals surface area contributed by atoms with Crippen LogP contribution in [-0.2, 0) is 0 Å². The van der Waals surface area contributed by atoms with Gasteiger partial charge in [-0.25, -0.2) is 0 Å². The van der Waals surface area contributed by atoms with Crippen molar-refractivity contribution in [3.05, 3.63) is 56.3 Å². The predicted octanol–water partition coefficient (Wildman–Crippen LogP) is 3.43. The number of benzene rings is 1. The molecule has 0 bridgehead atoms. The van der Waals surface area contributed by atoms with Gasteiger partial charge in [0, 0.05) is 28.5 Å². The third-order valence-corrected chi connectivity index (χ3v) is 6.16. The van der Waals surface area contributed by atoms with E-state index in [9.17, 15) is 15.8 Å². The lowest BCUT2D eigenvalue weighted by Gasteiger charge is -2.45. The molecule has 1 aromatic carbocycles. The van der Waals surface area contributed by atoms with Crippen LogP contribution in [0, 0.1) is 48.9 Å². The van der Waals surface area contributed by atoms with Gasteiger partial charge in [0.2, 0.25) is 0 Å². The Bertz CT molecular complexity index is 927. The monoisotopic (exact) mass is 469 g/mol. The maximum absolute atomic E-state index is 10.1. The molecular formula is C21H20IN5. The highest BCUT2D eigenvalue weighted by atomic mass is 127. The van der Waals surface area contributed by atoms with E-state index >= 15 is 0 Å². The molecule has 0 aromatic heterocycles. The molecule has 1 aromatic rings. The summed E-state index contributed by atoms with van der Waals surface area (Å²) in [4.78, 5) is 2.31. The molecule has 6 heteroatoms. The molecule has 0 radical (unpaired) electrons. The minimum Gasteiger partial charge on any atom is -0.399 e. The fraction of sp³-hybridized carbons (Fsp3) is 0.381. The number of halogens is 1. The van der Waals surface area contributed by atoms with Crippen LogP contribution >= 0.6 is 22.6 Å². The summed E-state index contributed by atoms with van der Waals surface area (Å²) >= 11 is 2.23. The van der Waals surface area contributed by atoms with E-state index in [0.29, 0.717) is 12.1 Å². The second-order valence-corrected chi connectivity index (χ2v) is 8.24. The number of nitriles is 3. The number of hydrogen-bond donors (Lipinski definition) is 1. The number of nitrogens with zero attached hydrogens (tertiary/aromatic N) is 4. The molecule has 0 fully saturated rings. The number of allylic oxidation sites excluding steroid dienone is 2. The van der Waals surface area contributed by atoms with Crippen LogP contribution < -0.4 is 5.73 Å². The second kappa shape index (κ2) is 7.72. The van der Waals surface area contributed by atoms with Gasteiger partial charge in [-0.3, -0.25) is 4.90 Å². The smallest absolute Gasteiger partial charge is 0.191 e. The SMILES string of the molecule is CCCN1CC=C2C(C#N)=C(N)C(C#N)(C#N)[C@H](c3cccc(I)c3)[C@@H]2C1. The van der Waals surface area contributed by atoms with Crippen molar-refractivity contribution in [3.8, 4) is 18.2 Å². The van der Waals surface area contributed by atoms with Crippen molar-refractivity contribution >= 4 is 22.6 Å². The maximum atomic E-state index is 10.1. The lowest BCUT2D eigenvalue weighted by Crippen LogP contribution is -2.48. The molecule has 0 amide bonds. The number of fused-ring (bicyclic) bond motifs is 1. The highest BCUT2D eigenvalue weighted by Gasteiger charge is 2.54. The van der Waals surface area contributed by atoms with Crippen molar-refractivity contribution in [1.82, 2.24) is 4.90 Å². The van der Waals surface area contributed by atoms with Crippen LogP contribution in [0.3, 0.4) is 0 Å². The molecule has 1 aliphatic carbocycles. The Kier molecular flexibility index (Phi) is 5.56. The Morgan fingerprint density at radius 3 is 2.63 bits per heavy atom. The van der Waals surface area contributed by atoms with Crippen LogP contribution in [0.2, 0.25) is 0 Å². The minimum absolute atomic E-state index is 0.0882. The van der Waals surface area contributed by atoms with Crippen molar-refractivity contribution in [3.63, 3.8) is 0 Å². The van der Waals surface area contributed by atoms with E-state index in [-0.39, 0.29) is 11.6 Å². The summed E-state index contributed by atoms with van der Waals surface area (Å²) in [6.45, 7) is 4.53. The van der Waals surface area contributed by atoms with Gasteiger partial charge in [0.1, 0.15) is 6.07 Å². The summed E-state index contributed by atoms with van der Waals surface area (Å²) in [6.07, 6.45) is 3.07. The third-order valence-electron chi connectivity index (χ3n) is 5.49. The summed E-state index contributed by atoms with van der Waals surface area (Å²) in [7, 11) is 0. The summed E-state index contributed by atoms with van der Waals surface area (Å²) in [5.74, 6) is -0.532. The highest BCUT2D eigenvalue weighted by molar-refractivity contribution is 14.1. The highest BCUT2D eigenvalue weighted by Crippen LogP contribution is 2.54. The zero-order valence-electron chi connectivity index (χ0n) is 15.1. The van der Waals surface area contributed by atoms with Crippen molar-refractivity contribution in [2.24, 2.45) is 17.1 Å². The Morgan fingerprint density at radius 2 is 2.04 bits per heavy atom. The lowest BCUT2D eigenvalue weighted by molar-refractivity contribution is 0.207. The largest absolute Gasteiger partial charge is 0.399 e. The fourth-order valence-corrected chi connectivity index (χ4v) is 4.88. The van der Waals surface area contributed by atoms with Crippen molar-refractivity contribution in [1.29, 1.82) is 15.8 Å². The Balaban J connectivity index is 2.27. The van der Waals surface area contributed by atoms with Crippen LogP contribution in [0.1, 0.15) is 24.8 Å². The second-order valence-electron chi connectivity index (χ2n) is 6.99. The number of hydrogen-bond acceptors (Lipinski definition) is 5. The average Bonchev–Trinajstić information content (AvgIpc) is 2.67. The van der Waals surface area contributed by atoms with Gasteiger partial charge in [0.05, 0.1) is 23.4 Å². The lowest BCUT2D eigenvalue weighted by atomic mass is 9.58. The molecule has 1 aliphatic heterocycles. The standard InChI is InChI=1S/C21H20IN5/c1-2-7-27-8-6-16-17(10-23)20(26)21(12-24,13-25)19(18(16)11-27)14-4-3-5-15(22)9-14/h3-6,9,18-19H,2,7-8,11,26H2,1H3/t18-,19-/m1/s1. The third kappa shape index (κ3) is 3.12. The topological polar surface area (TPSA) is 101 Å². The Hall–Kier alpha value is -2.34. The first kappa shape index (κ1) is 19.4. The molecule has 2 N–H and O–H groups in total. The first-order valence-electron chi connectivity index (χ1n) is 8.93. The molecule has 3 rings (SSSR count). The average molecular weight is 469 g/mol. The Labute approximate surface area is 173 Å². The van der Waals surface area contributed by atoms with Gasteiger partial charge in [-0.2, -0.15) is 15.8 Å². The van der Waals surface area contributed by atoms with Crippen molar-refractivity contribution in [2.75, 3.05) is 19.6 Å². The van der Waals surface area contributed by atoms with Gasteiger partial charge in [-0.15, -0.1) is 0 Å². The first-order chi connectivity index (χ1) is 13.0. The Morgan fingerprint density at radius 1 is 1.30 bits per heavy atom. The van der Waals surface area contributed by atoms with E-state index in [1.54, 1.807) is 0 Å². The normalized spacial score (nSPS) is 24.2.